The summed E-state index contributed by atoms with van der Waals surface area (Å²) in [6, 6.07) is -0.327. The Kier molecular flexibility index (Phi) is 3.60. The minimum atomic E-state index is -0.481. The van der Waals surface area contributed by atoms with Gasteiger partial charge in [0.05, 0.1) is 12.1 Å². The van der Waals surface area contributed by atoms with Gasteiger partial charge < -0.3 is 10.4 Å². The quantitative estimate of drug-likeness (QED) is 0.579. The lowest BCUT2D eigenvalue weighted by Crippen LogP contribution is -2.52. The van der Waals surface area contributed by atoms with E-state index in [4.69, 9.17) is 5.11 Å². The predicted molar refractivity (Wildman–Crippen MR) is 50.5 cm³/mol. The van der Waals surface area contributed by atoms with Crippen LogP contribution in [0.5, 0.6) is 0 Å². The molecule has 1 rings (SSSR count). The average Bonchev–Trinajstić information content (AvgIpc) is 2.13. The van der Waals surface area contributed by atoms with Crippen molar-refractivity contribution < 1.29 is 14.7 Å². The van der Waals surface area contributed by atoms with E-state index in [1.54, 1.807) is 6.92 Å². The van der Waals surface area contributed by atoms with Crippen molar-refractivity contribution in [2.45, 2.75) is 31.9 Å². The summed E-state index contributed by atoms with van der Waals surface area (Å²) < 4.78 is 0. The van der Waals surface area contributed by atoms with Crippen molar-refractivity contribution in [1.82, 2.24) is 10.2 Å². The lowest BCUT2D eigenvalue weighted by Gasteiger charge is -2.28. The van der Waals surface area contributed by atoms with Gasteiger partial charge in [-0.25, -0.2) is 0 Å². The van der Waals surface area contributed by atoms with Crippen LogP contribution in [-0.2, 0) is 9.59 Å². The molecule has 14 heavy (non-hydrogen) atoms. The zero-order chi connectivity index (χ0) is 10.7. The number of carbonyl (C=O) groups is 2. The Morgan fingerprint density at radius 3 is 2.86 bits per heavy atom. The first-order valence-electron chi connectivity index (χ1n) is 4.74. The van der Waals surface area contributed by atoms with Gasteiger partial charge in [-0.15, -0.1) is 0 Å². The molecule has 1 unspecified atom stereocenters. The zero-order valence-corrected chi connectivity index (χ0v) is 8.49. The summed E-state index contributed by atoms with van der Waals surface area (Å²) in [4.78, 5) is 23.8. The number of aliphatic hydroxyl groups is 1. The summed E-state index contributed by atoms with van der Waals surface area (Å²) in [6.45, 7) is 2.02. The fraction of sp³-hybridized carbons (Fsp3) is 0.778. The van der Waals surface area contributed by atoms with E-state index in [1.807, 2.05) is 0 Å². The number of nitrogens with one attached hydrogen (secondary N) is 1. The van der Waals surface area contributed by atoms with Crippen LogP contribution in [-0.4, -0.2) is 47.6 Å². The van der Waals surface area contributed by atoms with Crippen LogP contribution in [0.15, 0.2) is 0 Å². The largest absolute Gasteiger partial charge is 0.392 e. The fourth-order valence-electron chi connectivity index (χ4n) is 1.42. The van der Waals surface area contributed by atoms with Crippen LogP contribution >= 0.6 is 0 Å². The highest BCUT2D eigenvalue weighted by molar-refractivity contribution is 6.00. The van der Waals surface area contributed by atoms with Crippen LogP contribution in [0.3, 0.4) is 0 Å². The molecule has 0 spiro atoms. The lowest BCUT2D eigenvalue weighted by molar-refractivity contribution is -0.148. The minimum Gasteiger partial charge on any atom is -0.392 e. The number of carbonyl (C=O) groups excluding carboxylic acids is 2. The van der Waals surface area contributed by atoms with E-state index >= 15 is 0 Å². The summed E-state index contributed by atoms with van der Waals surface area (Å²) in [6.07, 6.45) is 0.430. The van der Waals surface area contributed by atoms with Gasteiger partial charge in [0, 0.05) is 20.0 Å². The number of likely N-dealkylation sites (tertiary alicyclic amines) is 1. The normalized spacial score (nSPS) is 25.4. The third-order valence-corrected chi connectivity index (χ3v) is 2.31. The Morgan fingerprint density at radius 1 is 1.64 bits per heavy atom. The van der Waals surface area contributed by atoms with E-state index in [1.165, 1.54) is 7.05 Å². The van der Waals surface area contributed by atoms with Gasteiger partial charge in [-0.2, -0.15) is 0 Å². The second-order valence-electron chi connectivity index (χ2n) is 3.64. The molecular weight excluding hydrogens is 184 g/mol. The Balaban J connectivity index is 2.47. The molecule has 0 radical (unpaired) electrons. The molecular formula is C9H16N2O3. The van der Waals surface area contributed by atoms with E-state index in [9.17, 15) is 9.59 Å². The van der Waals surface area contributed by atoms with Crippen molar-refractivity contribution in [2.75, 3.05) is 13.6 Å². The van der Waals surface area contributed by atoms with Crippen LogP contribution in [0.1, 0.15) is 19.8 Å². The van der Waals surface area contributed by atoms with Gasteiger partial charge in [0.15, 0.2) is 0 Å². The van der Waals surface area contributed by atoms with Gasteiger partial charge in [-0.3, -0.25) is 14.5 Å². The standard InChI is InChI=1S/C9H16N2O3/c1-6(12)5-10-7-3-4-8(13)11(2)9(7)14/h6-7,10,12H,3-5H2,1-2H3/t6-,7?/m1/s1. The summed E-state index contributed by atoms with van der Waals surface area (Å²) in [7, 11) is 1.49. The number of piperidine rings is 1. The van der Waals surface area contributed by atoms with Gasteiger partial charge in [0.1, 0.15) is 0 Å². The molecule has 2 N–H and O–H groups in total. The number of rotatable bonds is 3. The highest BCUT2D eigenvalue weighted by atomic mass is 16.3. The Labute approximate surface area is 83.1 Å². The van der Waals surface area contributed by atoms with Crippen molar-refractivity contribution >= 4 is 11.8 Å². The molecule has 1 aliphatic heterocycles. The summed E-state index contributed by atoms with van der Waals surface area (Å²) >= 11 is 0. The molecule has 0 saturated carbocycles. The molecule has 1 aliphatic rings. The molecule has 0 aromatic rings. The first kappa shape index (κ1) is 11.1. The SMILES string of the molecule is C[C@@H](O)CNC1CCC(=O)N(C)C1=O. The zero-order valence-electron chi connectivity index (χ0n) is 8.49. The van der Waals surface area contributed by atoms with Crippen LogP contribution < -0.4 is 5.32 Å². The summed E-state index contributed by atoms with van der Waals surface area (Å²) in [5, 5.41) is 12.0. The van der Waals surface area contributed by atoms with Gasteiger partial charge in [-0.1, -0.05) is 0 Å². The molecule has 80 valence electrons. The predicted octanol–water partition coefficient (Wildman–Crippen LogP) is -0.896. The molecule has 0 bridgehead atoms. The van der Waals surface area contributed by atoms with Crippen molar-refractivity contribution in [3.8, 4) is 0 Å². The maximum absolute atomic E-state index is 11.5. The van der Waals surface area contributed by atoms with Crippen molar-refractivity contribution in [3.63, 3.8) is 0 Å². The molecule has 0 aromatic carbocycles. The number of hydrogen-bond donors (Lipinski definition) is 2. The maximum Gasteiger partial charge on any atom is 0.246 e. The first-order chi connectivity index (χ1) is 6.52. The molecule has 0 aromatic heterocycles. The maximum atomic E-state index is 11.5. The molecule has 5 heteroatoms. The smallest absolute Gasteiger partial charge is 0.246 e. The Bertz CT molecular complexity index is 240. The number of imide groups is 1. The van der Waals surface area contributed by atoms with Gasteiger partial charge in [0.2, 0.25) is 11.8 Å². The highest BCUT2D eigenvalue weighted by Gasteiger charge is 2.31. The molecule has 2 atom stereocenters. The number of likely N-dealkylation sites (N-methyl/N-ethyl adjacent to an activating group) is 1. The van der Waals surface area contributed by atoms with E-state index in [-0.39, 0.29) is 17.9 Å². The van der Waals surface area contributed by atoms with Crippen LogP contribution in [0, 0.1) is 0 Å². The molecule has 0 aliphatic carbocycles. The van der Waals surface area contributed by atoms with Crippen molar-refractivity contribution in [3.05, 3.63) is 0 Å². The highest BCUT2D eigenvalue weighted by Crippen LogP contribution is 2.11. The Morgan fingerprint density at radius 2 is 2.29 bits per heavy atom. The number of amides is 2. The van der Waals surface area contributed by atoms with E-state index < -0.39 is 6.10 Å². The summed E-state index contributed by atoms with van der Waals surface area (Å²) in [5.74, 6) is -0.341. The molecule has 5 nitrogen and oxygen atoms in total. The molecule has 1 fully saturated rings. The number of hydrogen-bond acceptors (Lipinski definition) is 4. The van der Waals surface area contributed by atoms with Crippen molar-refractivity contribution in [1.29, 1.82) is 0 Å². The summed E-state index contributed by atoms with van der Waals surface area (Å²) in [5.41, 5.74) is 0. The van der Waals surface area contributed by atoms with Crippen LogP contribution in [0.2, 0.25) is 0 Å². The van der Waals surface area contributed by atoms with E-state index in [2.05, 4.69) is 5.32 Å². The van der Waals surface area contributed by atoms with Crippen LogP contribution in [0.25, 0.3) is 0 Å². The van der Waals surface area contributed by atoms with Crippen molar-refractivity contribution in [2.24, 2.45) is 0 Å². The number of aliphatic hydroxyl groups excluding tert-OH is 1. The molecule has 1 heterocycles. The third-order valence-electron chi connectivity index (χ3n) is 2.31. The average molecular weight is 200 g/mol. The second kappa shape index (κ2) is 4.52. The van der Waals surface area contributed by atoms with Gasteiger partial charge in [0.25, 0.3) is 0 Å². The monoisotopic (exact) mass is 200 g/mol. The topological polar surface area (TPSA) is 69.6 Å². The van der Waals surface area contributed by atoms with Gasteiger partial charge in [-0.05, 0) is 13.3 Å². The van der Waals surface area contributed by atoms with Gasteiger partial charge >= 0.3 is 0 Å². The van der Waals surface area contributed by atoms with E-state index in [0.29, 0.717) is 19.4 Å². The van der Waals surface area contributed by atoms with Crippen LogP contribution in [0.4, 0.5) is 0 Å². The Hall–Kier alpha value is -0.940. The minimum absolute atomic E-state index is 0.134. The molecule has 2 amide bonds. The van der Waals surface area contributed by atoms with E-state index in [0.717, 1.165) is 4.90 Å². The third kappa shape index (κ3) is 2.52. The lowest BCUT2D eigenvalue weighted by atomic mass is 10.0. The fourth-order valence-corrected chi connectivity index (χ4v) is 1.42. The number of nitrogens with zero attached hydrogens (tertiary/aromatic N) is 1. The second-order valence-corrected chi connectivity index (χ2v) is 3.64. The first-order valence-corrected chi connectivity index (χ1v) is 4.74. The molecule has 1 saturated heterocycles.